The molecule has 0 unspecified atom stereocenters. The van der Waals surface area contributed by atoms with Gasteiger partial charge in [-0.15, -0.1) is 0 Å². The Bertz CT molecular complexity index is 1180. The molecule has 1 N–H and O–H groups in total. The van der Waals surface area contributed by atoms with Crippen molar-refractivity contribution in [3.63, 3.8) is 0 Å². The van der Waals surface area contributed by atoms with Crippen molar-refractivity contribution in [1.82, 2.24) is 4.57 Å². The number of nitrogens with zero attached hydrogens (tertiary/aromatic N) is 1. The first kappa shape index (κ1) is 19.0. The van der Waals surface area contributed by atoms with E-state index in [-0.39, 0.29) is 11.7 Å². The van der Waals surface area contributed by atoms with Gasteiger partial charge in [0.2, 0.25) is 0 Å². The number of aromatic nitrogens is 1. The number of carbonyl (C=O) groups excluding carboxylic acids is 1. The molecule has 1 amide bonds. The smallest absolute Gasteiger partial charge is 0.265 e. The van der Waals surface area contributed by atoms with E-state index in [0.29, 0.717) is 12.1 Å². The van der Waals surface area contributed by atoms with Gasteiger partial charge in [0.1, 0.15) is 0 Å². The molecule has 0 aliphatic carbocycles. The van der Waals surface area contributed by atoms with E-state index < -0.39 is 11.9 Å². The SMILES string of the molecule is CC[C@H](Oc1ccccc1F)C(=O)Nc1ccc2c(c1)c1ccccc1n2CC. The van der Waals surface area contributed by atoms with Crippen LogP contribution >= 0.6 is 0 Å². The average molecular weight is 390 g/mol. The van der Waals surface area contributed by atoms with Crippen LogP contribution in [0.2, 0.25) is 0 Å². The lowest BCUT2D eigenvalue weighted by Gasteiger charge is -2.17. The van der Waals surface area contributed by atoms with Crippen LogP contribution in [0.3, 0.4) is 0 Å². The van der Waals surface area contributed by atoms with E-state index in [0.717, 1.165) is 22.8 Å². The third kappa shape index (κ3) is 3.56. The van der Waals surface area contributed by atoms with E-state index in [1.54, 1.807) is 12.1 Å². The van der Waals surface area contributed by atoms with Gasteiger partial charge in [-0.05, 0) is 49.7 Å². The second kappa shape index (κ2) is 7.95. The highest BCUT2D eigenvalue weighted by Crippen LogP contribution is 2.31. The van der Waals surface area contributed by atoms with Crippen molar-refractivity contribution in [2.24, 2.45) is 0 Å². The molecule has 0 fully saturated rings. The van der Waals surface area contributed by atoms with Crippen LogP contribution in [-0.2, 0) is 11.3 Å². The minimum Gasteiger partial charge on any atom is -0.478 e. The van der Waals surface area contributed by atoms with Gasteiger partial charge in [-0.3, -0.25) is 4.79 Å². The van der Waals surface area contributed by atoms with Crippen LogP contribution in [0.5, 0.6) is 5.75 Å². The van der Waals surface area contributed by atoms with Crippen molar-refractivity contribution in [2.75, 3.05) is 5.32 Å². The summed E-state index contributed by atoms with van der Waals surface area (Å²) < 4.78 is 21.7. The second-order valence-electron chi connectivity index (χ2n) is 6.93. The highest BCUT2D eigenvalue weighted by molar-refractivity contribution is 6.10. The fourth-order valence-electron chi connectivity index (χ4n) is 3.71. The fourth-order valence-corrected chi connectivity index (χ4v) is 3.71. The number of hydrogen-bond acceptors (Lipinski definition) is 2. The Balaban J connectivity index is 1.62. The number of nitrogens with one attached hydrogen (secondary N) is 1. The van der Waals surface area contributed by atoms with E-state index in [2.05, 4.69) is 28.9 Å². The molecule has 0 spiro atoms. The zero-order valence-electron chi connectivity index (χ0n) is 16.5. The maximum Gasteiger partial charge on any atom is 0.265 e. The van der Waals surface area contributed by atoms with Gasteiger partial charge in [0.05, 0.1) is 0 Å². The van der Waals surface area contributed by atoms with Crippen LogP contribution in [0.15, 0.2) is 66.7 Å². The first-order chi connectivity index (χ1) is 14.1. The molecule has 1 atom stereocenters. The summed E-state index contributed by atoms with van der Waals surface area (Å²) >= 11 is 0. The minimum atomic E-state index is -0.778. The van der Waals surface area contributed by atoms with Crippen molar-refractivity contribution in [3.05, 3.63) is 72.5 Å². The standard InChI is InChI=1S/C24H23FN2O2/c1-3-22(29-23-12-8-6-10-19(23)25)24(28)26-16-13-14-21-18(15-16)17-9-5-7-11-20(17)27(21)4-2/h5-15,22H,3-4H2,1-2H3,(H,26,28)/t22-/m0/s1. The Morgan fingerprint density at radius 2 is 1.72 bits per heavy atom. The molecule has 0 saturated heterocycles. The summed E-state index contributed by atoms with van der Waals surface area (Å²) in [6.07, 6.45) is -0.350. The summed E-state index contributed by atoms with van der Waals surface area (Å²) in [5, 5.41) is 5.16. The number of para-hydroxylation sites is 2. The topological polar surface area (TPSA) is 43.3 Å². The number of hydrogen-bond donors (Lipinski definition) is 1. The Kier molecular flexibility index (Phi) is 5.21. The number of halogens is 1. The predicted molar refractivity (Wildman–Crippen MR) is 115 cm³/mol. The van der Waals surface area contributed by atoms with E-state index in [1.165, 1.54) is 17.6 Å². The van der Waals surface area contributed by atoms with Crippen LogP contribution in [0.25, 0.3) is 21.8 Å². The molecule has 3 aromatic carbocycles. The lowest BCUT2D eigenvalue weighted by Crippen LogP contribution is -2.32. The van der Waals surface area contributed by atoms with Gasteiger partial charge in [0.25, 0.3) is 5.91 Å². The molecule has 0 radical (unpaired) electrons. The third-order valence-electron chi connectivity index (χ3n) is 5.13. The molecule has 4 rings (SSSR count). The summed E-state index contributed by atoms with van der Waals surface area (Å²) in [6.45, 7) is 4.82. The highest BCUT2D eigenvalue weighted by atomic mass is 19.1. The number of amides is 1. The van der Waals surface area contributed by atoms with Gasteiger partial charge in [0, 0.05) is 34.0 Å². The minimum absolute atomic E-state index is 0.0796. The second-order valence-corrected chi connectivity index (χ2v) is 6.93. The van der Waals surface area contributed by atoms with Crippen LogP contribution in [0, 0.1) is 5.82 Å². The Morgan fingerprint density at radius 3 is 2.48 bits per heavy atom. The Labute approximate surface area is 168 Å². The number of ether oxygens (including phenoxy) is 1. The van der Waals surface area contributed by atoms with Crippen molar-refractivity contribution < 1.29 is 13.9 Å². The summed E-state index contributed by atoms with van der Waals surface area (Å²) in [5.74, 6) is -0.696. The molecule has 148 valence electrons. The first-order valence-electron chi connectivity index (χ1n) is 9.85. The number of fused-ring (bicyclic) bond motifs is 3. The number of carbonyl (C=O) groups is 1. The van der Waals surface area contributed by atoms with Gasteiger partial charge in [-0.2, -0.15) is 0 Å². The predicted octanol–water partition coefficient (Wildman–Crippen LogP) is 5.75. The highest BCUT2D eigenvalue weighted by Gasteiger charge is 2.20. The quantitative estimate of drug-likeness (QED) is 0.456. The summed E-state index contributed by atoms with van der Waals surface area (Å²) in [7, 11) is 0. The van der Waals surface area contributed by atoms with Crippen molar-refractivity contribution in [2.45, 2.75) is 32.9 Å². The van der Waals surface area contributed by atoms with Gasteiger partial charge < -0.3 is 14.6 Å². The van der Waals surface area contributed by atoms with Crippen molar-refractivity contribution in [1.29, 1.82) is 0 Å². The van der Waals surface area contributed by atoms with Crippen molar-refractivity contribution in [3.8, 4) is 5.75 Å². The molecular formula is C24H23FN2O2. The zero-order chi connectivity index (χ0) is 20.4. The molecule has 0 aliphatic rings. The molecule has 29 heavy (non-hydrogen) atoms. The summed E-state index contributed by atoms with van der Waals surface area (Å²) in [6, 6.07) is 20.2. The molecule has 4 aromatic rings. The number of anilines is 1. The summed E-state index contributed by atoms with van der Waals surface area (Å²) in [5.41, 5.74) is 2.99. The van der Waals surface area contributed by atoms with E-state index in [1.807, 2.05) is 37.3 Å². The maximum atomic E-state index is 13.9. The number of rotatable bonds is 6. The molecule has 0 aliphatic heterocycles. The first-order valence-corrected chi connectivity index (χ1v) is 9.85. The van der Waals surface area contributed by atoms with Crippen LogP contribution in [0.4, 0.5) is 10.1 Å². The van der Waals surface area contributed by atoms with E-state index in [9.17, 15) is 9.18 Å². The summed E-state index contributed by atoms with van der Waals surface area (Å²) in [4.78, 5) is 12.8. The van der Waals surface area contributed by atoms with Gasteiger partial charge >= 0.3 is 0 Å². The largest absolute Gasteiger partial charge is 0.478 e. The fraction of sp³-hybridized carbons (Fsp3) is 0.208. The monoisotopic (exact) mass is 390 g/mol. The zero-order valence-corrected chi connectivity index (χ0v) is 16.5. The number of aryl methyl sites for hydroxylation is 1. The van der Waals surface area contributed by atoms with Gasteiger partial charge in [-0.1, -0.05) is 37.3 Å². The molecular weight excluding hydrogens is 367 g/mol. The Hall–Kier alpha value is -3.34. The average Bonchev–Trinajstić information content (AvgIpc) is 3.06. The molecule has 4 nitrogen and oxygen atoms in total. The van der Waals surface area contributed by atoms with Crippen LogP contribution in [-0.4, -0.2) is 16.6 Å². The van der Waals surface area contributed by atoms with Crippen LogP contribution in [0.1, 0.15) is 20.3 Å². The maximum absolute atomic E-state index is 13.9. The van der Waals surface area contributed by atoms with Crippen LogP contribution < -0.4 is 10.1 Å². The molecule has 0 saturated carbocycles. The van der Waals surface area contributed by atoms with Crippen molar-refractivity contribution >= 4 is 33.4 Å². The molecule has 5 heteroatoms. The Morgan fingerprint density at radius 1 is 1.00 bits per heavy atom. The normalized spacial score (nSPS) is 12.2. The van der Waals surface area contributed by atoms with E-state index >= 15 is 0 Å². The lowest BCUT2D eigenvalue weighted by molar-refractivity contribution is -0.122. The lowest BCUT2D eigenvalue weighted by atomic mass is 10.1. The third-order valence-corrected chi connectivity index (χ3v) is 5.13. The molecule has 0 bridgehead atoms. The number of benzene rings is 3. The molecule has 1 aromatic heterocycles. The van der Waals surface area contributed by atoms with E-state index in [4.69, 9.17) is 4.74 Å². The molecule has 1 heterocycles. The van der Waals surface area contributed by atoms with Gasteiger partial charge in [-0.25, -0.2) is 4.39 Å². The van der Waals surface area contributed by atoms with Gasteiger partial charge in [0.15, 0.2) is 17.7 Å².